The molecule has 1 aromatic heterocycles. The number of nitrogens with one attached hydrogen (secondary N) is 2. The van der Waals surface area contributed by atoms with Gasteiger partial charge in [-0.15, -0.1) is 23.7 Å². The molecule has 0 bridgehead atoms. The number of anilines is 1. The summed E-state index contributed by atoms with van der Waals surface area (Å²) in [5, 5.41) is 32.6. The highest BCUT2D eigenvalue weighted by Crippen LogP contribution is 2.24. The number of thiazole rings is 1. The summed E-state index contributed by atoms with van der Waals surface area (Å²) >= 11 is 1.01. The number of aromatic nitrogens is 1. The van der Waals surface area contributed by atoms with E-state index in [1.54, 1.807) is 0 Å². The summed E-state index contributed by atoms with van der Waals surface area (Å²) in [6, 6.07) is 3.32. The Morgan fingerprint density at radius 1 is 1.24 bits per heavy atom. The van der Waals surface area contributed by atoms with E-state index in [1.165, 1.54) is 18.4 Å². The van der Waals surface area contributed by atoms with Crippen molar-refractivity contribution in [2.75, 3.05) is 5.73 Å². The second-order valence-corrected chi connectivity index (χ2v) is 6.10. The molecule has 1 atom stereocenters. The Labute approximate surface area is 173 Å². The topological polar surface area (TPSA) is 196 Å². The van der Waals surface area contributed by atoms with Gasteiger partial charge in [-0.1, -0.05) is 5.16 Å². The fourth-order valence-electron chi connectivity index (χ4n) is 1.73. The van der Waals surface area contributed by atoms with E-state index in [-0.39, 0.29) is 28.8 Å². The maximum absolute atomic E-state index is 11.9. The van der Waals surface area contributed by atoms with Gasteiger partial charge in [-0.2, -0.15) is 0 Å². The third-order valence-corrected chi connectivity index (χ3v) is 3.85. The zero-order valence-corrected chi connectivity index (χ0v) is 16.3. The summed E-state index contributed by atoms with van der Waals surface area (Å²) in [6.45, 7) is 1.27. The molecule has 156 valence electrons. The molecule has 2 amide bonds. The van der Waals surface area contributed by atoms with Crippen molar-refractivity contribution in [3.8, 4) is 11.5 Å². The van der Waals surface area contributed by atoms with Gasteiger partial charge in [-0.3, -0.25) is 20.4 Å². The second-order valence-electron chi connectivity index (χ2n) is 5.21. The van der Waals surface area contributed by atoms with Gasteiger partial charge in [0.05, 0.1) is 0 Å². The van der Waals surface area contributed by atoms with E-state index in [2.05, 4.69) is 21.0 Å². The summed E-state index contributed by atoms with van der Waals surface area (Å²) < 4.78 is 0. The molecule has 1 heterocycles. The van der Waals surface area contributed by atoms with E-state index in [9.17, 15) is 24.6 Å². The van der Waals surface area contributed by atoms with Crippen molar-refractivity contribution in [1.82, 2.24) is 15.8 Å². The zero-order valence-electron chi connectivity index (χ0n) is 14.6. The largest absolute Gasteiger partial charge is 0.504 e. The van der Waals surface area contributed by atoms with Gasteiger partial charge in [-0.25, -0.2) is 9.78 Å². The number of nitrogens with zero attached hydrogens (tertiary/aromatic N) is 2. The number of amides is 2. The summed E-state index contributed by atoms with van der Waals surface area (Å²) in [6.07, 6.45) is -1.26. The SMILES string of the molecule is CC(ON=C(C(=O)O)c1csc(N)n1)C(=O)NNC(=O)c1ccc(O)c(O)c1.Cl. The fraction of sp³-hybridized carbons (Fsp3) is 0.133. The smallest absolute Gasteiger partial charge is 0.360 e. The van der Waals surface area contributed by atoms with Crippen LogP contribution in [0.3, 0.4) is 0 Å². The summed E-state index contributed by atoms with van der Waals surface area (Å²) in [4.78, 5) is 43.7. The molecule has 2 aromatic rings. The molecule has 1 aromatic carbocycles. The Balaban J connectivity index is 0.00000420. The van der Waals surface area contributed by atoms with Crippen LogP contribution in [0, 0.1) is 0 Å². The van der Waals surface area contributed by atoms with Crippen LogP contribution in [0.2, 0.25) is 0 Å². The molecule has 0 fully saturated rings. The predicted octanol–water partition coefficient (Wildman–Crippen LogP) is 0.213. The Morgan fingerprint density at radius 3 is 2.48 bits per heavy atom. The van der Waals surface area contributed by atoms with Crippen LogP contribution < -0.4 is 16.6 Å². The molecule has 0 radical (unpaired) electrons. The third kappa shape index (κ3) is 6.22. The highest BCUT2D eigenvalue weighted by molar-refractivity contribution is 7.13. The number of aromatic hydroxyl groups is 2. The number of hydrogen-bond acceptors (Lipinski definition) is 10. The molecule has 1 unspecified atom stereocenters. The summed E-state index contributed by atoms with van der Waals surface area (Å²) in [7, 11) is 0. The van der Waals surface area contributed by atoms with E-state index < -0.39 is 41.1 Å². The van der Waals surface area contributed by atoms with Crippen LogP contribution in [-0.2, 0) is 14.4 Å². The molecule has 0 saturated carbocycles. The quantitative estimate of drug-likeness (QED) is 0.204. The third-order valence-electron chi connectivity index (χ3n) is 3.18. The number of benzene rings is 1. The van der Waals surface area contributed by atoms with Crippen molar-refractivity contribution in [2.24, 2.45) is 5.16 Å². The van der Waals surface area contributed by atoms with Gasteiger partial charge in [0.25, 0.3) is 11.8 Å². The van der Waals surface area contributed by atoms with Gasteiger partial charge in [0.15, 0.2) is 16.6 Å². The number of nitrogens with two attached hydrogens (primary N) is 1. The minimum Gasteiger partial charge on any atom is -0.504 e. The first-order chi connectivity index (χ1) is 13.2. The van der Waals surface area contributed by atoms with Crippen molar-refractivity contribution in [3.05, 3.63) is 34.8 Å². The predicted molar refractivity (Wildman–Crippen MR) is 104 cm³/mol. The summed E-state index contributed by atoms with van der Waals surface area (Å²) in [5.41, 5.74) is 8.96. The Bertz CT molecular complexity index is 949. The molecule has 14 heteroatoms. The van der Waals surface area contributed by atoms with E-state index >= 15 is 0 Å². The lowest BCUT2D eigenvalue weighted by Crippen LogP contribution is -2.46. The summed E-state index contributed by atoms with van der Waals surface area (Å²) in [5.74, 6) is -3.95. The van der Waals surface area contributed by atoms with Gasteiger partial charge in [0.2, 0.25) is 11.8 Å². The van der Waals surface area contributed by atoms with Gasteiger partial charge in [-0.05, 0) is 25.1 Å². The average molecular weight is 446 g/mol. The van der Waals surface area contributed by atoms with E-state index in [0.29, 0.717) is 0 Å². The molecule has 2 rings (SSSR count). The number of nitrogen functional groups attached to an aromatic ring is 1. The molecule has 7 N–H and O–H groups in total. The van der Waals surface area contributed by atoms with Crippen molar-refractivity contribution in [2.45, 2.75) is 13.0 Å². The highest BCUT2D eigenvalue weighted by atomic mass is 35.5. The molecule has 0 spiro atoms. The van der Waals surface area contributed by atoms with Gasteiger partial charge in [0, 0.05) is 10.9 Å². The number of carbonyl (C=O) groups is 3. The van der Waals surface area contributed by atoms with E-state index in [4.69, 9.17) is 15.7 Å². The Kier molecular flexibility index (Phi) is 8.17. The molecular weight excluding hydrogens is 430 g/mol. The van der Waals surface area contributed by atoms with E-state index in [0.717, 1.165) is 23.5 Å². The molecule has 29 heavy (non-hydrogen) atoms. The number of phenols is 2. The lowest BCUT2D eigenvalue weighted by molar-refractivity contribution is -0.134. The first kappa shape index (κ1) is 23.5. The van der Waals surface area contributed by atoms with Crippen LogP contribution in [0.4, 0.5) is 5.13 Å². The van der Waals surface area contributed by atoms with Crippen LogP contribution >= 0.6 is 23.7 Å². The lowest BCUT2D eigenvalue weighted by Gasteiger charge is -2.12. The van der Waals surface area contributed by atoms with Crippen molar-refractivity contribution >= 4 is 52.4 Å². The maximum Gasteiger partial charge on any atom is 0.360 e. The number of hydrazine groups is 1. The van der Waals surface area contributed by atoms with Crippen molar-refractivity contribution < 1.29 is 34.5 Å². The van der Waals surface area contributed by atoms with Crippen LogP contribution in [0.5, 0.6) is 11.5 Å². The van der Waals surface area contributed by atoms with Crippen molar-refractivity contribution in [1.29, 1.82) is 0 Å². The minimum atomic E-state index is -1.43. The zero-order chi connectivity index (χ0) is 20.8. The molecule has 0 aliphatic rings. The average Bonchev–Trinajstić information content (AvgIpc) is 3.07. The van der Waals surface area contributed by atoms with Crippen LogP contribution in [0.25, 0.3) is 0 Å². The lowest BCUT2D eigenvalue weighted by atomic mass is 10.2. The van der Waals surface area contributed by atoms with Crippen LogP contribution in [0.15, 0.2) is 28.7 Å². The number of carboxylic acid groups (broad SMARTS) is 1. The van der Waals surface area contributed by atoms with Crippen molar-refractivity contribution in [3.63, 3.8) is 0 Å². The first-order valence-corrected chi connectivity index (χ1v) is 8.37. The van der Waals surface area contributed by atoms with Crippen LogP contribution in [0.1, 0.15) is 23.0 Å². The normalized spacial score (nSPS) is 11.7. The molecule has 0 saturated heterocycles. The number of oxime groups is 1. The number of carbonyl (C=O) groups excluding carboxylic acids is 2. The molecule has 0 aliphatic heterocycles. The Morgan fingerprint density at radius 2 is 1.93 bits per heavy atom. The molecular formula is C15H16ClN5O7S. The number of aliphatic carboxylic acids is 1. The van der Waals surface area contributed by atoms with Gasteiger partial charge < -0.3 is 25.9 Å². The number of rotatable bonds is 6. The number of hydrogen-bond donors (Lipinski definition) is 6. The standard InChI is InChI=1S/C15H15N5O7S.ClH/c1-6(27-20-11(14(25)26)8-5-28-15(16)17-8)12(23)18-19-13(24)7-2-3-9(21)10(22)4-7;/h2-6,21-22H,1H3,(H2,16,17)(H,18,23)(H,19,24)(H,25,26);1H. The molecule has 12 nitrogen and oxygen atoms in total. The van der Waals surface area contributed by atoms with Gasteiger partial charge >= 0.3 is 5.97 Å². The fourth-order valence-corrected chi connectivity index (χ4v) is 2.28. The Hall–Kier alpha value is -3.58. The highest BCUT2D eigenvalue weighted by Gasteiger charge is 2.20. The molecule has 0 aliphatic carbocycles. The van der Waals surface area contributed by atoms with Gasteiger partial charge in [0.1, 0.15) is 5.69 Å². The monoisotopic (exact) mass is 445 g/mol. The minimum absolute atomic E-state index is 0. The maximum atomic E-state index is 11.9. The number of phenolic OH excluding ortho intramolecular Hbond substituents is 2. The number of halogens is 1. The number of carboxylic acids is 1. The van der Waals surface area contributed by atoms with E-state index in [1.807, 2.05) is 0 Å². The van der Waals surface area contributed by atoms with Crippen LogP contribution in [-0.4, -0.2) is 49.9 Å². The first-order valence-electron chi connectivity index (χ1n) is 7.49. The second kappa shape index (κ2) is 10.1.